The van der Waals surface area contributed by atoms with Crippen molar-refractivity contribution in [2.45, 2.75) is 96.1 Å². The number of epoxide rings is 1. The molecule has 3 aromatic rings. The van der Waals surface area contributed by atoms with Crippen LogP contribution in [0, 0.1) is 17.8 Å². The number of unbranched alkanes of at least 4 members (excludes halogenated alkanes) is 1. The number of benzene rings is 3. The number of aliphatic hydroxyl groups is 1. The zero-order valence-corrected chi connectivity index (χ0v) is 33.6. The van der Waals surface area contributed by atoms with Crippen LogP contribution in [0.4, 0.5) is 0 Å². The Kier molecular flexibility index (Phi) is 17.3. The summed E-state index contributed by atoms with van der Waals surface area (Å²) in [5, 5.41) is 16.5. The van der Waals surface area contributed by atoms with Gasteiger partial charge in [-0.05, 0) is 74.5 Å². The second kappa shape index (κ2) is 21.8. The second-order valence-electron chi connectivity index (χ2n) is 15.0. The minimum absolute atomic E-state index is 0.0988. The van der Waals surface area contributed by atoms with Crippen molar-refractivity contribution in [2.75, 3.05) is 13.1 Å². The summed E-state index contributed by atoms with van der Waals surface area (Å²) >= 11 is 5.99. The number of carbonyl (C=O) groups is 6. The number of hydrogen-bond donors (Lipinski definition) is 5. The molecule has 1 saturated heterocycles. The van der Waals surface area contributed by atoms with Crippen LogP contribution in [0.5, 0.6) is 0 Å². The molecule has 12 nitrogen and oxygen atoms in total. The van der Waals surface area contributed by atoms with Crippen molar-refractivity contribution in [3.8, 4) is 11.1 Å². The van der Waals surface area contributed by atoms with Gasteiger partial charge in [0.15, 0.2) is 23.1 Å². The van der Waals surface area contributed by atoms with Gasteiger partial charge in [-0.1, -0.05) is 92.2 Å². The number of halogens is 1. The van der Waals surface area contributed by atoms with Crippen LogP contribution in [-0.2, 0) is 28.7 Å². The molecule has 0 aromatic heterocycles. The van der Waals surface area contributed by atoms with E-state index in [1.54, 1.807) is 43.3 Å². The molecule has 4 rings (SSSR count). The highest BCUT2D eigenvalue weighted by Gasteiger charge is 2.47. The maximum Gasteiger partial charge on any atom is 0.224 e. The summed E-state index contributed by atoms with van der Waals surface area (Å²) in [5.41, 5.74) is 14.6. The van der Waals surface area contributed by atoms with Gasteiger partial charge in [-0.2, -0.15) is 0 Å². The minimum atomic E-state index is -1.36. The standard InChI is InChI=1S/C44H55ClN4O8/c1-26(40(54)42-41(57-42)32-9-5-4-6-10-32)23-37(52)35(11-7-8-21-46)48-43(55)27(2)24-38(53)39(28(3)50)49-44(56)33(20-22-47)25-36(51)31-14-12-29(13-15-31)30-16-18-34(45)19-17-30/h4-6,9-10,12-19,26-28,33,35,39,41-42,50H,7-8,11,20-25,46-47H2,1-3H3,(H,48,55)(H,49,56)/t26-,27-,28-,33-,35+,39+,41?,42?/m1/s1. The number of amides is 2. The van der Waals surface area contributed by atoms with Crippen molar-refractivity contribution >= 4 is 46.5 Å². The van der Waals surface area contributed by atoms with E-state index in [2.05, 4.69) is 10.6 Å². The van der Waals surface area contributed by atoms with Crippen LogP contribution in [-0.4, -0.2) is 77.4 Å². The fourth-order valence-electron chi connectivity index (χ4n) is 6.79. The van der Waals surface area contributed by atoms with Gasteiger partial charge in [0.2, 0.25) is 11.8 Å². The summed E-state index contributed by atoms with van der Waals surface area (Å²) in [6, 6.07) is 21.4. The number of aliphatic hydroxyl groups excluding tert-OH is 1. The lowest BCUT2D eigenvalue weighted by Crippen LogP contribution is -2.51. The molecule has 0 aliphatic carbocycles. The van der Waals surface area contributed by atoms with Gasteiger partial charge in [-0.25, -0.2) is 0 Å². The van der Waals surface area contributed by atoms with E-state index >= 15 is 0 Å². The molecule has 0 spiro atoms. The summed E-state index contributed by atoms with van der Waals surface area (Å²) in [7, 11) is 0. The van der Waals surface area contributed by atoms with Gasteiger partial charge >= 0.3 is 0 Å². The molecule has 2 amide bonds. The van der Waals surface area contributed by atoms with Gasteiger partial charge in [-0.15, -0.1) is 0 Å². The van der Waals surface area contributed by atoms with E-state index in [0.717, 1.165) is 16.7 Å². The zero-order chi connectivity index (χ0) is 41.6. The summed E-state index contributed by atoms with van der Waals surface area (Å²) < 4.78 is 5.64. The molecule has 57 heavy (non-hydrogen) atoms. The summed E-state index contributed by atoms with van der Waals surface area (Å²) in [5.74, 6) is -5.01. The third-order valence-corrected chi connectivity index (χ3v) is 10.6. The maximum absolute atomic E-state index is 13.5. The van der Waals surface area contributed by atoms with Gasteiger partial charge in [0.25, 0.3) is 0 Å². The van der Waals surface area contributed by atoms with Crippen LogP contribution in [0.25, 0.3) is 11.1 Å². The van der Waals surface area contributed by atoms with E-state index in [9.17, 15) is 33.9 Å². The first-order chi connectivity index (χ1) is 27.2. The Morgan fingerprint density at radius 3 is 1.93 bits per heavy atom. The average Bonchev–Trinajstić information content (AvgIpc) is 4.00. The molecule has 306 valence electrons. The Morgan fingerprint density at radius 2 is 1.33 bits per heavy atom. The predicted octanol–water partition coefficient (Wildman–Crippen LogP) is 4.92. The molecule has 13 heteroatoms. The van der Waals surface area contributed by atoms with E-state index in [4.69, 9.17) is 27.8 Å². The topological polar surface area (TPSA) is 211 Å². The van der Waals surface area contributed by atoms with Crippen LogP contribution >= 0.6 is 11.6 Å². The average molecular weight is 803 g/mol. The van der Waals surface area contributed by atoms with E-state index in [-0.39, 0.29) is 55.7 Å². The number of nitrogens with two attached hydrogens (primary N) is 2. The molecule has 1 heterocycles. The second-order valence-corrected chi connectivity index (χ2v) is 15.4. The number of ether oxygens (including phenoxy) is 1. The molecule has 7 N–H and O–H groups in total. The van der Waals surface area contributed by atoms with Crippen molar-refractivity contribution in [2.24, 2.45) is 29.2 Å². The van der Waals surface area contributed by atoms with E-state index < -0.39 is 59.6 Å². The molecule has 2 unspecified atom stereocenters. The van der Waals surface area contributed by atoms with Gasteiger partial charge in [0, 0.05) is 47.6 Å². The zero-order valence-electron chi connectivity index (χ0n) is 32.8. The molecule has 0 radical (unpaired) electrons. The number of hydrogen-bond acceptors (Lipinski definition) is 10. The number of carbonyl (C=O) groups excluding carboxylic acids is 6. The van der Waals surface area contributed by atoms with Crippen LogP contribution < -0.4 is 22.1 Å². The van der Waals surface area contributed by atoms with Crippen molar-refractivity contribution in [3.05, 3.63) is 95.0 Å². The highest BCUT2D eigenvalue weighted by molar-refractivity contribution is 6.30. The molecule has 1 aliphatic heterocycles. The molecular weight excluding hydrogens is 748 g/mol. The normalized spacial score (nSPS) is 17.9. The van der Waals surface area contributed by atoms with Crippen LogP contribution in [0.3, 0.4) is 0 Å². The van der Waals surface area contributed by atoms with E-state index in [1.165, 1.54) is 13.8 Å². The largest absolute Gasteiger partial charge is 0.391 e. The van der Waals surface area contributed by atoms with Crippen molar-refractivity contribution in [1.29, 1.82) is 0 Å². The lowest BCUT2D eigenvalue weighted by atomic mass is 9.90. The maximum atomic E-state index is 13.5. The quantitative estimate of drug-likeness (QED) is 0.0469. The first kappa shape index (κ1) is 45.1. The van der Waals surface area contributed by atoms with Crippen molar-refractivity contribution in [1.82, 2.24) is 10.6 Å². The number of rotatable bonds is 24. The molecule has 0 bridgehead atoms. The fourth-order valence-corrected chi connectivity index (χ4v) is 6.92. The number of Topliss-reactive ketones (excluding diaryl/α,β-unsaturated/α-hetero) is 4. The highest BCUT2D eigenvalue weighted by Crippen LogP contribution is 2.40. The Balaban J connectivity index is 1.33. The van der Waals surface area contributed by atoms with Gasteiger partial charge in [0.05, 0.1) is 12.1 Å². The van der Waals surface area contributed by atoms with E-state index in [0.29, 0.717) is 36.4 Å². The Bertz CT molecular complexity index is 1840. The lowest BCUT2D eigenvalue weighted by Gasteiger charge is -2.25. The molecule has 3 aromatic carbocycles. The van der Waals surface area contributed by atoms with Gasteiger partial charge in [-0.3, -0.25) is 28.8 Å². The lowest BCUT2D eigenvalue weighted by molar-refractivity contribution is -0.135. The predicted molar refractivity (Wildman–Crippen MR) is 218 cm³/mol. The van der Waals surface area contributed by atoms with Gasteiger partial charge < -0.3 is 31.9 Å². The van der Waals surface area contributed by atoms with Gasteiger partial charge in [0.1, 0.15) is 18.2 Å². The highest BCUT2D eigenvalue weighted by atomic mass is 35.5. The van der Waals surface area contributed by atoms with Crippen LogP contribution in [0.1, 0.15) is 87.7 Å². The third-order valence-electron chi connectivity index (χ3n) is 10.3. The summed E-state index contributed by atoms with van der Waals surface area (Å²) in [4.78, 5) is 80.2. The van der Waals surface area contributed by atoms with Crippen LogP contribution in [0.2, 0.25) is 5.02 Å². The number of ketones is 4. The Hall–Kier alpha value is -4.59. The Morgan fingerprint density at radius 1 is 0.719 bits per heavy atom. The fraction of sp³-hybridized carbons (Fsp3) is 0.455. The van der Waals surface area contributed by atoms with Crippen molar-refractivity contribution in [3.63, 3.8) is 0 Å². The molecule has 8 atom stereocenters. The first-order valence-electron chi connectivity index (χ1n) is 19.6. The van der Waals surface area contributed by atoms with Crippen molar-refractivity contribution < 1.29 is 38.6 Å². The molecule has 1 aliphatic rings. The SMILES string of the molecule is C[C@H](CC(=O)[C@@H](NC(=O)[C@H](CCN)CC(=O)c1ccc(-c2ccc(Cl)cc2)cc1)[C@@H](C)O)C(=O)N[C@@H](CCCCN)C(=O)C[C@@H](C)C(=O)C1OC1c1ccccc1. The monoisotopic (exact) mass is 802 g/mol. The molecular formula is C44H55ClN4O8. The minimum Gasteiger partial charge on any atom is -0.391 e. The number of nitrogens with one attached hydrogen (secondary N) is 2. The summed E-state index contributed by atoms with van der Waals surface area (Å²) in [6.45, 7) is 5.04. The molecule has 1 fully saturated rings. The summed E-state index contributed by atoms with van der Waals surface area (Å²) in [6.07, 6.45) is -1.26. The first-order valence-corrected chi connectivity index (χ1v) is 20.0. The smallest absolute Gasteiger partial charge is 0.224 e. The third kappa shape index (κ3) is 13.2. The van der Waals surface area contributed by atoms with E-state index in [1.807, 2.05) is 42.5 Å². The molecule has 0 saturated carbocycles. The van der Waals surface area contributed by atoms with Crippen LogP contribution in [0.15, 0.2) is 78.9 Å². The Labute approximate surface area is 339 Å².